The van der Waals surface area contributed by atoms with E-state index in [0.717, 1.165) is 32.6 Å². The van der Waals surface area contributed by atoms with Crippen LogP contribution in [-0.2, 0) is 0 Å². The number of fused-ring (bicyclic) bond motifs is 1. The number of ether oxygens (including phenoxy) is 1. The summed E-state index contributed by atoms with van der Waals surface area (Å²) in [6, 6.07) is 26.7. The summed E-state index contributed by atoms with van der Waals surface area (Å²) in [4.78, 5) is 9.19. The number of nitrogens with zero attached hydrogens (tertiary/aromatic N) is 4. The second-order valence-electron chi connectivity index (χ2n) is 7.57. The van der Waals surface area contributed by atoms with Crippen molar-refractivity contribution in [2.45, 2.75) is 6.92 Å². The maximum Gasteiger partial charge on any atom is 0.242 e. The Morgan fingerprint density at radius 2 is 1.56 bits per heavy atom. The number of aromatic nitrogens is 2. The Morgan fingerprint density at radius 3 is 2.24 bits per heavy atom. The minimum absolute atomic E-state index is 0.413. The minimum atomic E-state index is 0.413. The number of nitriles is 2. The lowest BCUT2D eigenvalue weighted by Gasteiger charge is -2.12. The van der Waals surface area contributed by atoms with Crippen LogP contribution in [0.3, 0.4) is 0 Å². The minimum Gasteiger partial charge on any atom is -0.437 e. The molecule has 0 fully saturated rings. The quantitative estimate of drug-likeness (QED) is 0.306. The Morgan fingerprint density at radius 1 is 0.853 bits per heavy atom. The molecule has 0 bridgehead atoms. The molecule has 1 N–H and O–H groups in total. The molecule has 0 saturated carbocycles. The van der Waals surface area contributed by atoms with Crippen molar-refractivity contribution in [1.82, 2.24) is 9.97 Å². The van der Waals surface area contributed by atoms with Gasteiger partial charge in [-0.2, -0.15) is 15.5 Å². The first kappa shape index (κ1) is 21.1. The molecule has 7 heteroatoms. The van der Waals surface area contributed by atoms with Crippen LogP contribution >= 0.6 is 11.3 Å². The molecular weight excluding hydrogens is 442 g/mol. The van der Waals surface area contributed by atoms with Gasteiger partial charge in [-0.05, 0) is 83.6 Å². The van der Waals surface area contributed by atoms with E-state index in [1.165, 1.54) is 11.3 Å². The average Bonchev–Trinajstić information content (AvgIpc) is 3.34. The van der Waals surface area contributed by atoms with Crippen LogP contribution in [0.1, 0.15) is 16.7 Å². The van der Waals surface area contributed by atoms with E-state index < -0.39 is 0 Å². The number of rotatable bonds is 5. The van der Waals surface area contributed by atoms with Crippen LogP contribution in [0.15, 0.2) is 78.2 Å². The van der Waals surface area contributed by atoms with Crippen LogP contribution in [-0.4, -0.2) is 9.97 Å². The van der Waals surface area contributed by atoms with Crippen LogP contribution in [0.4, 0.5) is 11.6 Å². The molecule has 162 valence electrons. The Labute approximate surface area is 200 Å². The zero-order valence-electron chi connectivity index (χ0n) is 18.1. The summed E-state index contributed by atoms with van der Waals surface area (Å²) in [5.41, 5.74) is 5.96. The Balaban J connectivity index is 1.43. The van der Waals surface area contributed by atoms with Crippen molar-refractivity contribution < 1.29 is 4.74 Å². The van der Waals surface area contributed by atoms with Gasteiger partial charge in [-0.1, -0.05) is 18.2 Å². The normalized spacial score (nSPS) is 10.4. The number of hydrogen-bond donors (Lipinski definition) is 1. The van der Waals surface area contributed by atoms with E-state index in [0.29, 0.717) is 28.7 Å². The van der Waals surface area contributed by atoms with Gasteiger partial charge < -0.3 is 10.1 Å². The number of benzene rings is 3. The lowest BCUT2D eigenvalue weighted by Crippen LogP contribution is -1.99. The van der Waals surface area contributed by atoms with Gasteiger partial charge >= 0.3 is 0 Å². The smallest absolute Gasteiger partial charge is 0.242 e. The van der Waals surface area contributed by atoms with Gasteiger partial charge in [0.05, 0.1) is 28.8 Å². The Bertz CT molecular complexity index is 1580. The monoisotopic (exact) mass is 459 g/mol. The second-order valence-corrected chi connectivity index (χ2v) is 8.49. The summed E-state index contributed by atoms with van der Waals surface area (Å²) >= 11 is 1.52. The second kappa shape index (κ2) is 9.03. The molecule has 0 aliphatic heterocycles. The van der Waals surface area contributed by atoms with Gasteiger partial charge in [-0.3, -0.25) is 0 Å². The highest BCUT2D eigenvalue weighted by Gasteiger charge is 2.13. The molecule has 0 spiro atoms. The molecule has 0 atom stereocenters. The number of anilines is 2. The first-order valence-electron chi connectivity index (χ1n) is 10.4. The maximum absolute atomic E-state index is 9.02. The highest BCUT2D eigenvalue weighted by Crippen LogP contribution is 2.35. The van der Waals surface area contributed by atoms with Gasteiger partial charge in [0.25, 0.3) is 0 Å². The highest BCUT2D eigenvalue weighted by atomic mass is 32.1. The summed E-state index contributed by atoms with van der Waals surface area (Å²) in [5, 5.41) is 23.2. The first-order valence-corrected chi connectivity index (χ1v) is 11.3. The van der Waals surface area contributed by atoms with Crippen molar-refractivity contribution in [1.29, 1.82) is 10.5 Å². The SMILES string of the molecule is Cc1cc(Oc2nc(Nc3ccc(C#N)cc3)nc3ccsc23)ccc1-c1ccc(C#N)cc1. The van der Waals surface area contributed by atoms with E-state index in [4.69, 9.17) is 15.3 Å². The molecule has 0 amide bonds. The zero-order valence-corrected chi connectivity index (χ0v) is 18.9. The summed E-state index contributed by atoms with van der Waals surface area (Å²) < 4.78 is 7.07. The van der Waals surface area contributed by atoms with Crippen LogP contribution in [0.25, 0.3) is 21.3 Å². The van der Waals surface area contributed by atoms with Crippen molar-refractivity contribution in [3.63, 3.8) is 0 Å². The molecule has 0 unspecified atom stereocenters. The lowest BCUT2D eigenvalue weighted by molar-refractivity contribution is 0.469. The fourth-order valence-electron chi connectivity index (χ4n) is 3.58. The first-order chi connectivity index (χ1) is 16.6. The van der Waals surface area contributed by atoms with Gasteiger partial charge in [0.2, 0.25) is 11.8 Å². The fraction of sp³-hybridized carbons (Fsp3) is 0.0370. The fourth-order valence-corrected chi connectivity index (χ4v) is 4.33. The van der Waals surface area contributed by atoms with Gasteiger partial charge in [-0.15, -0.1) is 11.3 Å². The van der Waals surface area contributed by atoms with Crippen molar-refractivity contribution in [2.75, 3.05) is 5.32 Å². The lowest BCUT2D eigenvalue weighted by atomic mass is 9.99. The molecule has 0 saturated heterocycles. The standard InChI is InChI=1S/C27H17N5OS/c1-17-14-22(10-11-23(17)20-6-2-18(15-28)3-7-20)33-26-25-24(12-13-34-25)31-27(32-26)30-21-8-4-19(16-29)5-9-21/h2-14H,1H3,(H,30,31,32). The predicted octanol–water partition coefficient (Wildman–Crippen LogP) is 6.95. The largest absolute Gasteiger partial charge is 0.437 e. The number of nitrogens with one attached hydrogen (secondary N) is 1. The van der Waals surface area contributed by atoms with Crippen LogP contribution in [0.5, 0.6) is 11.6 Å². The molecule has 3 aromatic carbocycles. The molecular formula is C27H17N5OS. The summed E-state index contributed by atoms with van der Waals surface area (Å²) in [6.45, 7) is 2.03. The topological polar surface area (TPSA) is 94.6 Å². The van der Waals surface area contributed by atoms with Crippen molar-refractivity contribution in [2.24, 2.45) is 0 Å². The predicted molar refractivity (Wildman–Crippen MR) is 133 cm³/mol. The molecule has 5 aromatic rings. The van der Waals surface area contributed by atoms with Gasteiger partial charge in [0.15, 0.2) is 0 Å². The third kappa shape index (κ3) is 4.29. The zero-order chi connectivity index (χ0) is 23.5. The van der Waals surface area contributed by atoms with Crippen molar-refractivity contribution >= 4 is 33.2 Å². The van der Waals surface area contributed by atoms with E-state index in [1.807, 2.05) is 73.0 Å². The van der Waals surface area contributed by atoms with Gasteiger partial charge in [0.1, 0.15) is 10.4 Å². The molecule has 0 aliphatic rings. The van der Waals surface area contributed by atoms with E-state index in [1.54, 1.807) is 12.1 Å². The summed E-state index contributed by atoms with van der Waals surface area (Å²) in [7, 11) is 0. The van der Waals surface area contributed by atoms with E-state index in [-0.39, 0.29) is 0 Å². The van der Waals surface area contributed by atoms with Gasteiger partial charge in [0, 0.05) is 5.69 Å². The van der Waals surface area contributed by atoms with E-state index >= 15 is 0 Å². The van der Waals surface area contributed by atoms with Crippen molar-refractivity contribution in [3.8, 4) is 34.9 Å². The van der Waals surface area contributed by atoms with Crippen LogP contribution in [0, 0.1) is 29.6 Å². The molecule has 2 aromatic heterocycles. The van der Waals surface area contributed by atoms with Crippen molar-refractivity contribution in [3.05, 3.63) is 94.9 Å². The molecule has 34 heavy (non-hydrogen) atoms. The number of thiophene rings is 1. The number of aryl methyl sites for hydroxylation is 1. The molecule has 5 rings (SSSR count). The van der Waals surface area contributed by atoms with Crippen LogP contribution < -0.4 is 10.1 Å². The molecule has 2 heterocycles. The van der Waals surface area contributed by atoms with E-state index in [9.17, 15) is 0 Å². The summed E-state index contributed by atoms with van der Waals surface area (Å²) in [6.07, 6.45) is 0. The van der Waals surface area contributed by atoms with E-state index in [2.05, 4.69) is 27.4 Å². The number of hydrogen-bond acceptors (Lipinski definition) is 7. The maximum atomic E-state index is 9.02. The van der Waals surface area contributed by atoms with Gasteiger partial charge in [-0.25, -0.2) is 4.98 Å². The highest BCUT2D eigenvalue weighted by molar-refractivity contribution is 7.17. The third-order valence-electron chi connectivity index (χ3n) is 5.28. The molecule has 6 nitrogen and oxygen atoms in total. The average molecular weight is 460 g/mol. The third-order valence-corrected chi connectivity index (χ3v) is 6.17. The van der Waals surface area contributed by atoms with Crippen LogP contribution in [0.2, 0.25) is 0 Å². The summed E-state index contributed by atoms with van der Waals surface area (Å²) in [5.74, 6) is 1.56. The molecule has 0 aliphatic carbocycles. The Hall–Kier alpha value is -4.72. The Kier molecular flexibility index (Phi) is 5.61. The molecule has 0 radical (unpaired) electrons.